The van der Waals surface area contributed by atoms with Crippen molar-refractivity contribution in [1.29, 1.82) is 0 Å². The molecule has 0 heterocycles. The zero-order valence-corrected chi connectivity index (χ0v) is 6.34. The van der Waals surface area contributed by atoms with E-state index in [4.69, 9.17) is 0 Å². The number of alkyl halides is 3. The third-order valence-electron chi connectivity index (χ3n) is 0.435. The van der Waals surface area contributed by atoms with E-state index >= 15 is 0 Å². The Hall–Kier alpha value is 0.440. The van der Waals surface area contributed by atoms with Gasteiger partial charge in [0.25, 0.3) is 0 Å². The predicted molar refractivity (Wildman–Crippen MR) is 17.9 cm³/mol. The van der Waals surface area contributed by atoms with Gasteiger partial charge in [0.1, 0.15) is 7.32 Å². The van der Waals surface area contributed by atoms with Gasteiger partial charge in [-0.15, -0.1) is 0 Å². The Kier molecular flexibility index (Phi) is 10.5. The van der Waals surface area contributed by atoms with E-state index in [9.17, 15) is 28.0 Å². The van der Waals surface area contributed by atoms with Crippen molar-refractivity contribution in [1.82, 2.24) is 0 Å². The zero-order valence-electron chi connectivity index (χ0n) is 6.34. The molecule has 0 atom stereocenters. The molecule has 0 spiro atoms. The Morgan fingerprint density at radius 2 is 1.58 bits per heavy atom. The number of halogens is 3. The molecule has 12 heavy (non-hydrogen) atoms. The largest absolute Gasteiger partial charge is 1.00 e. The topological polar surface area (TPSA) is 72.4 Å². The van der Waals surface area contributed by atoms with Crippen LogP contribution in [-0.2, 0) is 9.45 Å². The summed E-state index contributed by atoms with van der Waals surface area (Å²) < 4.78 is 35.9. The first-order valence-corrected chi connectivity index (χ1v) is 1.93. The van der Waals surface area contributed by atoms with Crippen molar-refractivity contribution in [2.24, 2.45) is 0 Å². The maximum absolute atomic E-state index is 11.1. The van der Waals surface area contributed by atoms with E-state index in [1.807, 2.05) is 0 Å². The molecule has 0 N–H and O–H groups in total. The molecule has 0 saturated carbocycles. The molecule has 4 nitrogen and oxygen atoms in total. The smallest absolute Gasteiger partial charge is 0.860 e. The molecule has 0 aliphatic carbocycles. The van der Waals surface area contributed by atoms with Gasteiger partial charge in [-0.1, -0.05) is 0 Å². The minimum absolute atomic E-state index is 0. The van der Waals surface area contributed by atoms with E-state index in [1.165, 1.54) is 0 Å². The fourth-order valence-corrected chi connectivity index (χ4v) is 0.154. The monoisotopic (exact) mass is 170 g/mol. The van der Waals surface area contributed by atoms with Crippen molar-refractivity contribution in [2.75, 3.05) is 0 Å². The van der Waals surface area contributed by atoms with Gasteiger partial charge in [0.05, 0.1) is 0 Å². The van der Waals surface area contributed by atoms with Crippen molar-refractivity contribution in [3.05, 3.63) is 0 Å². The normalized spacial score (nSPS) is 9.08. The summed E-state index contributed by atoms with van der Waals surface area (Å²) in [6, 6.07) is 0. The van der Waals surface area contributed by atoms with Crippen molar-refractivity contribution in [2.45, 2.75) is 6.18 Å². The summed E-state index contributed by atoms with van der Waals surface area (Å²) in [4.78, 5) is 9.53. The Morgan fingerprint density at radius 1 is 1.25 bits per heavy atom. The van der Waals surface area contributed by atoms with Gasteiger partial charge in [-0.05, 0) is 0 Å². The second kappa shape index (κ2) is 6.90. The molecule has 0 bridgehead atoms. The molecule has 0 aliphatic heterocycles. The molecule has 0 aliphatic rings. The SMILES string of the molecule is O=C(OB([O-])[O-])C(F)(F)F.[Li+].[Li+]. The summed E-state index contributed by atoms with van der Waals surface area (Å²) in [5, 5.41) is 18.6. The van der Waals surface area contributed by atoms with Crippen LogP contribution in [0.5, 0.6) is 0 Å². The Morgan fingerprint density at radius 3 is 1.67 bits per heavy atom. The van der Waals surface area contributed by atoms with Crippen LogP contribution < -0.4 is 47.8 Å². The summed E-state index contributed by atoms with van der Waals surface area (Å²) in [5.74, 6) is -2.76. The van der Waals surface area contributed by atoms with Crippen molar-refractivity contribution in [3.63, 3.8) is 0 Å². The van der Waals surface area contributed by atoms with Gasteiger partial charge in [-0.3, -0.25) is 0 Å². The first-order valence-electron chi connectivity index (χ1n) is 1.93. The summed E-state index contributed by atoms with van der Waals surface area (Å²) in [6.07, 6.45) is -5.27. The summed E-state index contributed by atoms with van der Waals surface area (Å²) >= 11 is 0. The molecule has 0 saturated heterocycles. The second-order valence-corrected chi connectivity index (χ2v) is 1.19. The fraction of sp³-hybridized carbons (Fsp3) is 0.500. The molecular formula is C2BF3Li2O4. The predicted octanol–water partition coefficient (Wildman–Crippen LogP) is -8.19. The molecule has 0 aromatic rings. The molecule has 0 aromatic heterocycles. The van der Waals surface area contributed by atoms with E-state index < -0.39 is 19.5 Å². The number of hydrogen-bond acceptors (Lipinski definition) is 4. The maximum atomic E-state index is 11.1. The van der Waals surface area contributed by atoms with Crippen LogP contribution in [0.2, 0.25) is 0 Å². The zero-order chi connectivity index (χ0) is 8.36. The molecule has 0 radical (unpaired) electrons. The molecule has 0 amide bonds. The summed E-state index contributed by atoms with van der Waals surface area (Å²) in [7, 11) is -3.23. The first-order chi connectivity index (χ1) is 4.34. The van der Waals surface area contributed by atoms with Gasteiger partial charge in [0.15, 0.2) is 0 Å². The Labute approximate surface area is 90.0 Å². The maximum Gasteiger partial charge on any atom is 1.00 e. The van der Waals surface area contributed by atoms with Crippen LogP contribution in [0.1, 0.15) is 0 Å². The number of rotatable bonds is 1. The second-order valence-electron chi connectivity index (χ2n) is 1.19. The molecular weight excluding hydrogens is 170 g/mol. The Balaban J connectivity index is -0.000000405. The Bertz CT molecular complexity index is 139. The standard InChI is InChI=1S/C2BF3O4.2Li/c4-2(5,6)1(7)10-3(8)9;;/q-2;2*+1. The van der Waals surface area contributed by atoms with E-state index in [2.05, 4.69) is 4.65 Å². The van der Waals surface area contributed by atoms with Crippen LogP contribution in [0.4, 0.5) is 13.2 Å². The average molecular weight is 170 g/mol. The van der Waals surface area contributed by atoms with E-state index in [-0.39, 0.29) is 37.7 Å². The van der Waals surface area contributed by atoms with Gasteiger partial charge in [-0.2, -0.15) is 13.2 Å². The molecule has 58 valence electrons. The van der Waals surface area contributed by atoms with Crippen LogP contribution in [0.3, 0.4) is 0 Å². The molecule has 0 unspecified atom stereocenters. The fourth-order valence-electron chi connectivity index (χ4n) is 0.154. The summed E-state index contributed by atoms with van der Waals surface area (Å²) in [5.41, 5.74) is 0. The van der Waals surface area contributed by atoms with Crippen LogP contribution in [0.25, 0.3) is 0 Å². The number of hydrogen-bond donors (Lipinski definition) is 0. The quantitative estimate of drug-likeness (QED) is 0.366. The van der Waals surface area contributed by atoms with Gasteiger partial charge in [-0.25, -0.2) is 4.79 Å². The third kappa shape index (κ3) is 8.54. The average Bonchev–Trinajstić information content (AvgIpc) is 1.60. The van der Waals surface area contributed by atoms with Crippen LogP contribution in [-0.4, -0.2) is 19.5 Å². The van der Waals surface area contributed by atoms with Crippen LogP contribution in [0, 0.1) is 0 Å². The van der Waals surface area contributed by atoms with Gasteiger partial charge in [0.2, 0.25) is 0 Å². The van der Waals surface area contributed by atoms with Gasteiger partial charge in [0, 0.05) is 0 Å². The first kappa shape index (κ1) is 18.3. The minimum Gasteiger partial charge on any atom is -0.860 e. The number of carbonyl (C=O) groups excluding carboxylic acids is 1. The van der Waals surface area contributed by atoms with E-state index in [0.29, 0.717) is 0 Å². The van der Waals surface area contributed by atoms with Gasteiger partial charge < -0.3 is 14.7 Å². The summed E-state index contributed by atoms with van der Waals surface area (Å²) in [6.45, 7) is 0. The van der Waals surface area contributed by atoms with Crippen molar-refractivity contribution in [3.8, 4) is 0 Å². The van der Waals surface area contributed by atoms with E-state index in [1.54, 1.807) is 0 Å². The molecule has 0 rings (SSSR count). The van der Waals surface area contributed by atoms with Crippen molar-refractivity contribution < 1.29 is 70.4 Å². The molecule has 10 heteroatoms. The van der Waals surface area contributed by atoms with Crippen LogP contribution >= 0.6 is 0 Å². The third-order valence-corrected chi connectivity index (χ3v) is 0.435. The number of carbonyl (C=O) groups is 1. The molecule has 0 fully saturated rings. The van der Waals surface area contributed by atoms with Crippen LogP contribution in [0.15, 0.2) is 0 Å². The van der Waals surface area contributed by atoms with E-state index in [0.717, 1.165) is 0 Å². The van der Waals surface area contributed by atoms with Crippen molar-refractivity contribution >= 4 is 13.3 Å². The molecule has 0 aromatic carbocycles. The minimum atomic E-state index is -5.27. The van der Waals surface area contributed by atoms with Gasteiger partial charge >= 0.3 is 49.9 Å².